The van der Waals surface area contributed by atoms with Gasteiger partial charge in [-0.15, -0.1) is 0 Å². The molecule has 0 spiro atoms. The Morgan fingerprint density at radius 2 is 1.56 bits per heavy atom. The maximum Gasteiger partial charge on any atom is 0.252 e. The van der Waals surface area contributed by atoms with Gasteiger partial charge in [0.25, 0.3) is 5.91 Å². The van der Waals surface area contributed by atoms with Crippen LogP contribution in [0.5, 0.6) is 17.2 Å². The molecule has 0 saturated carbocycles. The first-order chi connectivity index (χ1) is 12.8. The van der Waals surface area contributed by atoms with Crippen molar-refractivity contribution in [2.75, 3.05) is 32.0 Å². The molecule has 0 aliphatic rings. The summed E-state index contributed by atoms with van der Waals surface area (Å²) in [5.41, 5.74) is 7.66. The molecule has 0 aliphatic carbocycles. The number of thiocarbonyl (C=S) groups is 1. The highest BCUT2D eigenvalue weighted by atomic mass is 35.5. The second kappa shape index (κ2) is 8.79. The molecule has 0 unspecified atom stereocenters. The van der Waals surface area contributed by atoms with E-state index in [9.17, 15) is 4.79 Å². The molecule has 1 amide bonds. The number of methoxy groups -OCH3 is 3. The number of hydrogen-bond acceptors (Lipinski definition) is 5. The minimum absolute atomic E-state index is 0.294. The highest BCUT2D eigenvalue weighted by Crippen LogP contribution is 2.36. The zero-order valence-corrected chi connectivity index (χ0v) is 16.9. The third kappa shape index (κ3) is 4.72. The number of anilines is 2. The van der Waals surface area contributed by atoms with E-state index >= 15 is 0 Å². The number of nitrogens with two attached hydrogens (primary N) is 1. The third-order valence-electron chi connectivity index (χ3n) is 3.78. The van der Waals surface area contributed by atoms with Gasteiger partial charge in [-0.25, -0.2) is 0 Å². The number of carbonyl (C=O) groups is 1. The molecule has 0 radical (unpaired) electrons. The van der Waals surface area contributed by atoms with Crippen molar-refractivity contribution >= 4 is 46.2 Å². The lowest BCUT2D eigenvalue weighted by molar-refractivity contribution is 0.0997. The molecule has 27 heavy (non-hydrogen) atoms. The Balaban J connectivity index is 2.26. The quantitative estimate of drug-likeness (QED) is 0.627. The van der Waals surface area contributed by atoms with Crippen LogP contribution in [-0.4, -0.2) is 32.3 Å². The molecule has 0 fully saturated rings. The minimum Gasteiger partial charge on any atom is -0.496 e. The molecule has 2 aromatic rings. The van der Waals surface area contributed by atoms with E-state index < -0.39 is 5.91 Å². The van der Waals surface area contributed by atoms with Crippen LogP contribution in [0.15, 0.2) is 24.3 Å². The molecule has 144 valence electrons. The summed E-state index contributed by atoms with van der Waals surface area (Å²) in [5.74, 6) is 0.780. The first-order valence-electron chi connectivity index (χ1n) is 7.78. The van der Waals surface area contributed by atoms with Gasteiger partial charge in [-0.05, 0) is 36.8 Å². The van der Waals surface area contributed by atoms with Gasteiger partial charge in [-0.3, -0.25) is 4.79 Å². The number of aryl methyl sites for hydroxylation is 1. The number of halogens is 1. The molecule has 0 heterocycles. The van der Waals surface area contributed by atoms with Crippen molar-refractivity contribution in [1.82, 2.24) is 0 Å². The van der Waals surface area contributed by atoms with Gasteiger partial charge in [0.1, 0.15) is 17.2 Å². The van der Waals surface area contributed by atoms with Crippen LogP contribution in [0.25, 0.3) is 0 Å². The average molecular weight is 410 g/mol. The van der Waals surface area contributed by atoms with Crippen LogP contribution in [0.3, 0.4) is 0 Å². The number of amides is 1. The summed E-state index contributed by atoms with van der Waals surface area (Å²) in [6.45, 7) is 1.82. The molecule has 0 atom stereocenters. The van der Waals surface area contributed by atoms with Gasteiger partial charge >= 0.3 is 0 Å². The van der Waals surface area contributed by atoms with Crippen LogP contribution >= 0.6 is 23.8 Å². The standard InChI is InChI=1S/C18H20ClN3O4S/c1-9-5-10(17(20)23)14(24-2)7-12(9)21-18(27)22-13-6-11(19)15(25-3)8-16(13)26-4/h5-8H,1-4H3,(H2,20,23)(H2,21,22,27). The summed E-state index contributed by atoms with van der Waals surface area (Å²) in [4.78, 5) is 11.5. The Morgan fingerprint density at radius 3 is 2.11 bits per heavy atom. The molecule has 0 aliphatic heterocycles. The highest BCUT2D eigenvalue weighted by molar-refractivity contribution is 7.80. The smallest absolute Gasteiger partial charge is 0.252 e. The van der Waals surface area contributed by atoms with E-state index in [1.165, 1.54) is 21.3 Å². The Hall–Kier alpha value is -2.71. The predicted molar refractivity (Wildman–Crippen MR) is 111 cm³/mol. The summed E-state index contributed by atoms with van der Waals surface area (Å²) >= 11 is 11.5. The van der Waals surface area contributed by atoms with Crippen LogP contribution in [-0.2, 0) is 0 Å². The maximum atomic E-state index is 11.5. The molecule has 4 N–H and O–H groups in total. The first-order valence-corrected chi connectivity index (χ1v) is 8.57. The van der Waals surface area contributed by atoms with Gasteiger partial charge in [0.05, 0.1) is 37.6 Å². The van der Waals surface area contributed by atoms with E-state index in [0.29, 0.717) is 44.3 Å². The van der Waals surface area contributed by atoms with Crippen LogP contribution < -0.4 is 30.6 Å². The van der Waals surface area contributed by atoms with Crippen LogP contribution in [0.4, 0.5) is 11.4 Å². The topological polar surface area (TPSA) is 94.8 Å². The monoisotopic (exact) mass is 409 g/mol. The second-order valence-electron chi connectivity index (χ2n) is 5.50. The van der Waals surface area contributed by atoms with Crippen LogP contribution in [0, 0.1) is 6.92 Å². The number of primary amides is 1. The largest absolute Gasteiger partial charge is 0.496 e. The molecule has 2 aromatic carbocycles. The average Bonchev–Trinajstić information content (AvgIpc) is 2.63. The van der Waals surface area contributed by atoms with Crippen molar-refractivity contribution in [1.29, 1.82) is 0 Å². The van der Waals surface area contributed by atoms with Crippen molar-refractivity contribution < 1.29 is 19.0 Å². The van der Waals surface area contributed by atoms with E-state index in [1.54, 1.807) is 24.3 Å². The molecule has 7 nitrogen and oxygen atoms in total. The van der Waals surface area contributed by atoms with Gasteiger partial charge < -0.3 is 30.6 Å². The molecule has 2 rings (SSSR count). The fourth-order valence-electron chi connectivity index (χ4n) is 2.42. The fraction of sp³-hybridized carbons (Fsp3) is 0.222. The molecular weight excluding hydrogens is 390 g/mol. The zero-order valence-electron chi connectivity index (χ0n) is 15.3. The summed E-state index contributed by atoms with van der Waals surface area (Å²) in [6.07, 6.45) is 0. The summed E-state index contributed by atoms with van der Waals surface area (Å²) in [6, 6.07) is 6.60. The zero-order chi connectivity index (χ0) is 20.1. The number of rotatable bonds is 6. The lowest BCUT2D eigenvalue weighted by Gasteiger charge is -2.17. The molecular formula is C18H20ClN3O4S. The summed E-state index contributed by atoms with van der Waals surface area (Å²) in [5, 5.41) is 6.79. The lowest BCUT2D eigenvalue weighted by atomic mass is 10.1. The minimum atomic E-state index is -0.570. The normalized spacial score (nSPS) is 10.1. The molecule has 9 heteroatoms. The first kappa shape index (κ1) is 20.6. The van der Waals surface area contributed by atoms with Gasteiger partial charge in [-0.2, -0.15) is 0 Å². The Kier molecular flexibility index (Phi) is 6.70. The van der Waals surface area contributed by atoms with Gasteiger partial charge in [-0.1, -0.05) is 11.6 Å². The highest BCUT2D eigenvalue weighted by Gasteiger charge is 2.15. The fourth-order valence-corrected chi connectivity index (χ4v) is 2.88. The van der Waals surface area contributed by atoms with Gasteiger partial charge in [0.2, 0.25) is 0 Å². The predicted octanol–water partition coefficient (Wildman–Crippen LogP) is 3.58. The Morgan fingerprint density at radius 1 is 0.963 bits per heavy atom. The molecule has 0 aromatic heterocycles. The number of hydrogen-bond donors (Lipinski definition) is 3. The second-order valence-corrected chi connectivity index (χ2v) is 6.31. The van der Waals surface area contributed by atoms with Crippen LogP contribution in [0.2, 0.25) is 5.02 Å². The maximum absolute atomic E-state index is 11.5. The number of carbonyl (C=O) groups excluding carboxylic acids is 1. The molecule has 0 bridgehead atoms. The number of ether oxygens (including phenoxy) is 3. The van der Waals surface area contributed by atoms with E-state index in [0.717, 1.165) is 5.56 Å². The van der Waals surface area contributed by atoms with Crippen LogP contribution in [0.1, 0.15) is 15.9 Å². The lowest BCUT2D eigenvalue weighted by Crippen LogP contribution is -2.21. The SMILES string of the molecule is COc1cc(OC)c(NC(=S)Nc2cc(OC)c(C(N)=O)cc2C)cc1Cl. The van der Waals surface area contributed by atoms with Crippen molar-refractivity contribution in [2.24, 2.45) is 5.73 Å². The van der Waals surface area contributed by atoms with Crippen molar-refractivity contribution in [2.45, 2.75) is 6.92 Å². The molecule has 0 saturated heterocycles. The number of nitrogens with one attached hydrogen (secondary N) is 2. The third-order valence-corrected chi connectivity index (χ3v) is 4.28. The van der Waals surface area contributed by atoms with E-state index in [4.69, 9.17) is 43.8 Å². The van der Waals surface area contributed by atoms with Crippen molar-refractivity contribution in [3.63, 3.8) is 0 Å². The van der Waals surface area contributed by atoms with Crippen molar-refractivity contribution in [3.05, 3.63) is 40.4 Å². The van der Waals surface area contributed by atoms with Gasteiger partial charge in [0.15, 0.2) is 5.11 Å². The summed E-state index contributed by atoms with van der Waals surface area (Å²) in [7, 11) is 4.51. The van der Waals surface area contributed by atoms with Gasteiger partial charge in [0, 0.05) is 17.8 Å². The van der Waals surface area contributed by atoms with E-state index in [-0.39, 0.29) is 0 Å². The van der Waals surface area contributed by atoms with E-state index in [2.05, 4.69) is 10.6 Å². The van der Waals surface area contributed by atoms with Crippen molar-refractivity contribution in [3.8, 4) is 17.2 Å². The van der Waals surface area contributed by atoms with E-state index in [1.807, 2.05) is 6.92 Å². The Labute approximate surface area is 167 Å². The number of benzene rings is 2. The Bertz CT molecular complexity index is 889. The summed E-state index contributed by atoms with van der Waals surface area (Å²) < 4.78 is 15.7.